The number of para-hydroxylation sites is 1. The first kappa shape index (κ1) is 16.3. The number of nitrogens with one attached hydrogen (secondary N) is 2. The summed E-state index contributed by atoms with van der Waals surface area (Å²) in [5, 5.41) is 10.9. The van der Waals surface area contributed by atoms with Gasteiger partial charge in [0.05, 0.1) is 6.54 Å². The maximum Gasteiger partial charge on any atom is 0.191 e. The van der Waals surface area contributed by atoms with Crippen molar-refractivity contribution in [2.45, 2.75) is 25.4 Å². The van der Waals surface area contributed by atoms with Crippen LogP contribution >= 0.6 is 0 Å². The Labute approximate surface area is 142 Å². The van der Waals surface area contributed by atoms with Gasteiger partial charge in [-0.15, -0.1) is 0 Å². The van der Waals surface area contributed by atoms with Gasteiger partial charge in [-0.25, -0.2) is 4.98 Å². The van der Waals surface area contributed by atoms with Gasteiger partial charge in [0.25, 0.3) is 0 Å². The van der Waals surface area contributed by atoms with Crippen LogP contribution in [0.2, 0.25) is 0 Å². The van der Waals surface area contributed by atoms with Crippen molar-refractivity contribution in [1.82, 2.24) is 25.4 Å². The minimum absolute atomic E-state index is 0.440. The van der Waals surface area contributed by atoms with Crippen LogP contribution in [0.15, 0.2) is 41.7 Å². The molecule has 0 radical (unpaired) electrons. The topological polar surface area (TPSA) is 70.4 Å². The van der Waals surface area contributed by atoms with Crippen molar-refractivity contribution < 1.29 is 0 Å². The SMILES string of the molecule is CN=C(NCc1ncnn1C)NC1CCN(c2ccccc2)CC1. The molecule has 0 aliphatic carbocycles. The molecule has 2 N–H and O–H groups in total. The molecule has 24 heavy (non-hydrogen) atoms. The van der Waals surface area contributed by atoms with Crippen LogP contribution in [-0.2, 0) is 13.6 Å². The summed E-state index contributed by atoms with van der Waals surface area (Å²) < 4.78 is 1.76. The lowest BCUT2D eigenvalue weighted by Crippen LogP contribution is -2.48. The molecule has 1 fully saturated rings. The van der Waals surface area contributed by atoms with Crippen LogP contribution in [-0.4, -0.2) is 46.9 Å². The number of rotatable bonds is 4. The molecule has 2 heterocycles. The lowest BCUT2D eigenvalue weighted by molar-refractivity contribution is 0.461. The fraction of sp³-hybridized carbons (Fsp3) is 0.471. The molecule has 0 amide bonds. The third-order valence-corrected chi connectivity index (χ3v) is 4.40. The van der Waals surface area contributed by atoms with Crippen LogP contribution in [0, 0.1) is 0 Å². The van der Waals surface area contributed by atoms with Gasteiger partial charge in [-0.3, -0.25) is 9.67 Å². The van der Waals surface area contributed by atoms with E-state index in [0.717, 1.165) is 37.7 Å². The number of hydrogen-bond acceptors (Lipinski definition) is 4. The molecule has 0 spiro atoms. The maximum absolute atomic E-state index is 4.31. The molecule has 2 aromatic rings. The summed E-state index contributed by atoms with van der Waals surface area (Å²) in [4.78, 5) is 11.0. The molecule has 0 saturated carbocycles. The Morgan fingerprint density at radius 2 is 2.00 bits per heavy atom. The molecule has 1 aromatic carbocycles. The average molecular weight is 327 g/mol. The Hall–Kier alpha value is -2.57. The Balaban J connectivity index is 1.47. The van der Waals surface area contributed by atoms with Crippen LogP contribution in [0.3, 0.4) is 0 Å². The molecular formula is C17H25N7. The molecule has 7 heteroatoms. The summed E-state index contributed by atoms with van der Waals surface area (Å²) >= 11 is 0. The number of guanidine groups is 1. The molecular weight excluding hydrogens is 302 g/mol. The number of aromatic nitrogens is 3. The minimum atomic E-state index is 0.440. The first-order chi connectivity index (χ1) is 11.8. The lowest BCUT2D eigenvalue weighted by Gasteiger charge is -2.34. The lowest BCUT2D eigenvalue weighted by atomic mass is 10.0. The Bertz CT molecular complexity index is 657. The van der Waals surface area contributed by atoms with Crippen molar-refractivity contribution in [3.63, 3.8) is 0 Å². The summed E-state index contributed by atoms with van der Waals surface area (Å²) in [6, 6.07) is 11.0. The normalized spacial score (nSPS) is 16.2. The number of aliphatic imine (C=N–C) groups is 1. The Kier molecular flexibility index (Phi) is 5.30. The van der Waals surface area contributed by atoms with E-state index >= 15 is 0 Å². The second kappa shape index (κ2) is 7.81. The van der Waals surface area contributed by atoms with Crippen molar-refractivity contribution in [1.29, 1.82) is 0 Å². The fourth-order valence-electron chi connectivity index (χ4n) is 2.95. The van der Waals surface area contributed by atoms with E-state index in [0.29, 0.717) is 12.6 Å². The standard InChI is InChI=1S/C17H25N7/c1-18-17(19-12-16-20-13-21-23(16)2)22-14-8-10-24(11-9-14)15-6-4-3-5-7-15/h3-7,13-14H,8-12H2,1-2H3,(H2,18,19,22). The first-order valence-electron chi connectivity index (χ1n) is 8.36. The second-order valence-electron chi connectivity index (χ2n) is 5.97. The van der Waals surface area contributed by atoms with Crippen LogP contribution < -0.4 is 15.5 Å². The van der Waals surface area contributed by atoms with Crippen molar-refractivity contribution in [2.24, 2.45) is 12.0 Å². The van der Waals surface area contributed by atoms with Crippen LogP contribution in [0.1, 0.15) is 18.7 Å². The predicted octanol–water partition coefficient (Wildman–Crippen LogP) is 1.15. The third kappa shape index (κ3) is 4.04. The van der Waals surface area contributed by atoms with E-state index in [2.05, 4.69) is 60.9 Å². The van der Waals surface area contributed by atoms with E-state index in [1.165, 1.54) is 5.69 Å². The highest BCUT2D eigenvalue weighted by molar-refractivity contribution is 5.79. The monoisotopic (exact) mass is 327 g/mol. The highest BCUT2D eigenvalue weighted by Crippen LogP contribution is 2.19. The Morgan fingerprint density at radius 1 is 1.25 bits per heavy atom. The van der Waals surface area contributed by atoms with Gasteiger partial charge in [-0.1, -0.05) is 18.2 Å². The Morgan fingerprint density at radius 3 is 2.62 bits per heavy atom. The van der Waals surface area contributed by atoms with Crippen molar-refractivity contribution >= 4 is 11.6 Å². The van der Waals surface area contributed by atoms with Crippen LogP contribution in [0.4, 0.5) is 5.69 Å². The molecule has 1 aliphatic heterocycles. The minimum Gasteiger partial charge on any atom is -0.371 e. The summed E-state index contributed by atoms with van der Waals surface area (Å²) in [5.74, 6) is 1.70. The molecule has 128 valence electrons. The van der Waals surface area contributed by atoms with Crippen molar-refractivity contribution in [3.8, 4) is 0 Å². The van der Waals surface area contributed by atoms with E-state index in [1.807, 2.05) is 7.05 Å². The van der Waals surface area contributed by atoms with Gasteiger partial charge in [0.2, 0.25) is 0 Å². The van der Waals surface area contributed by atoms with E-state index in [9.17, 15) is 0 Å². The average Bonchev–Trinajstić information content (AvgIpc) is 3.05. The predicted molar refractivity (Wildman–Crippen MR) is 96.0 cm³/mol. The number of anilines is 1. The number of benzene rings is 1. The highest BCUT2D eigenvalue weighted by Gasteiger charge is 2.20. The van der Waals surface area contributed by atoms with Gasteiger partial charge in [0.1, 0.15) is 12.2 Å². The number of aryl methyl sites for hydroxylation is 1. The zero-order valence-electron chi connectivity index (χ0n) is 14.3. The molecule has 1 saturated heterocycles. The van der Waals surface area contributed by atoms with Gasteiger partial charge in [-0.2, -0.15) is 5.10 Å². The summed E-state index contributed by atoms with van der Waals surface area (Å²) in [5.41, 5.74) is 1.31. The summed E-state index contributed by atoms with van der Waals surface area (Å²) in [6.45, 7) is 2.73. The second-order valence-corrected chi connectivity index (χ2v) is 5.97. The van der Waals surface area contributed by atoms with E-state index in [4.69, 9.17) is 0 Å². The van der Waals surface area contributed by atoms with Crippen LogP contribution in [0.5, 0.6) is 0 Å². The number of hydrogen-bond donors (Lipinski definition) is 2. The largest absolute Gasteiger partial charge is 0.371 e. The third-order valence-electron chi connectivity index (χ3n) is 4.40. The fourth-order valence-corrected chi connectivity index (χ4v) is 2.95. The maximum atomic E-state index is 4.31. The van der Waals surface area contributed by atoms with Crippen LogP contribution in [0.25, 0.3) is 0 Å². The van der Waals surface area contributed by atoms with Gasteiger partial charge >= 0.3 is 0 Å². The zero-order valence-corrected chi connectivity index (χ0v) is 14.3. The van der Waals surface area contributed by atoms with Gasteiger partial charge in [0, 0.05) is 38.9 Å². The van der Waals surface area contributed by atoms with Gasteiger partial charge in [-0.05, 0) is 25.0 Å². The molecule has 0 unspecified atom stereocenters. The zero-order chi connectivity index (χ0) is 16.8. The molecule has 1 aliphatic rings. The first-order valence-corrected chi connectivity index (χ1v) is 8.36. The quantitative estimate of drug-likeness (QED) is 0.651. The molecule has 0 atom stereocenters. The summed E-state index contributed by atoms with van der Waals surface area (Å²) in [7, 11) is 3.69. The molecule has 1 aromatic heterocycles. The smallest absolute Gasteiger partial charge is 0.191 e. The number of nitrogens with zero attached hydrogens (tertiary/aromatic N) is 5. The molecule has 3 rings (SSSR count). The van der Waals surface area contributed by atoms with Crippen molar-refractivity contribution in [2.75, 3.05) is 25.0 Å². The van der Waals surface area contributed by atoms with Gasteiger partial charge < -0.3 is 15.5 Å². The van der Waals surface area contributed by atoms with Crippen molar-refractivity contribution in [3.05, 3.63) is 42.5 Å². The van der Waals surface area contributed by atoms with Gasteiger partial charge in [0.15, 0.2) is 5.96 Å². The highest BCUT2D eigenvalue weighted by atomic mass is 15.3. The molecule has 7 nitrogen and oxygen atoms in total. The van der Waals surface area contributed by atoms with E-state index in [1.54, 1.807) is 18.1 Å². The van der Waals surface area contributed by atoms with E-state index in [-0.39, 0.29) is 0 Å². The molecule has 0 bridgehead atoms. The number of piperidine rings is 1. The van der Waals surface area contributed by atoms with E-state index < -0.39 is 0 Å². The summed E-state index contributed by atoms with van der Waals surface area (Å²) in [6.07, 6.45) is 3.76.